The molecule has 0 aliphatic heterocycles. The fourth-order valence-corrected chi connectivity index (χ4v) is 3.49. The largest absolute Gasteiger partial charge is 0.366 e. The van der Waals surface area contributed by atoms with E-state index < -0.39 is 0 Å². The van der Waals surface area contributed by atoms with Crippen LogP contribution in [0.3, 0.4) is 0 Å². The van der Waals surface area contributed by atoms with Crippen molar-refractivity contribution in [3.63, 3.8) is 0 Å². The van der Waals surface area contributed by atoms with Gasteiger partial charge in [0.2, 0.25) is 0 Å². The first-order valence-corrected chi connectivity index (χ1v) is 10.1. The van der Waals surface area contributed by atoms with Crippen molar-refractivity contribution in [2.45, 2.75) is 34.1 Å². The highest BCUT2D eigenvalue weighted by molar-refractivity contribution is 7.10. The number of nitrogens with zero attached hydrogens (tertiary/aromatic N) is 4. The number of benzene rings is 1. The van der Waals surface area contributed by atoms with E-state index in [0.717, 1.165) is 51.9 Å². The third-order valence-corrected chi connectivity index (χ3v) is 5.44. The standard InChI is InChI=1S/C22H26N4S/c1-6-26(5)14-23-20-11-16(3)19(24-17(20)4)12-22-25-21(13-27-22)18-9-7-15(2)8-10-18/h7-11,13-14H,6,12H2,1-5H3/b23-14+. The van der Waals surface area contributed by atoms with Gasteiger partial charge in [-0.15, -0.1) is 11.3 Å². The summed E-state index contributed by atoms with van der Waals surface area (Å²) in [6, 6.07) is 10.6. The molecule has 0 aliphatic rings. The molecule has 0 saturated heterocycles. The number of aromatic nitrogens is 2. The van der Waals surface area contributed by atoms with Gasteiger partial charge in [0, 0.05) is 31.0 Å². The minimum atomic E-state index is 0.752. The highest BCUT2D eigenvalue weighted by atomic mass is 32.1. The lowest BCUT2D eigenvalue weighted by atomic mass is 10.1. The van der Waals surface area contributed by atoms with Crippen molar-refractivity contribution in [2.24, 2.45) is 4.99 Å². The Morgan fingerprint density at radius 2 is 1.85 bits per heavy atom. The van der Waals surface area contributed by atoms with E-state index in [1.807, 2.05) is 25.2 Å². The summed E-state index contributed by atoms with van der Waals surface area (Å²) >= 11 is 1.69. The average Bonchev–Trinajstić information content (AvgIpc) is 3.12. The second-order valence-electron chi connectivity index (χ2n) is 6.84. The molecule has 0 amide bonds. The molecule has 3 aromatic rings. The van der Waals surface area contributed by atoms with Crippen molar-refractivity contribution < 1.29 is 0 Å². The predicted octanol–water partition coefficient (Wildman–Crippen LogP) is 5.33. The van der Waals surface area contributed by atoms with Gasteiger partial charge >= 0.3 is 0 Å². The molecule has 0 radical (unpaired) electrons. The molecule has 2 heterocycles. The molecule has 0 spiro atoms. The number of pyridine rings is 1. The number of aliphatic imine (C=N–C) groups is 1. The zero-order valence-electron chi connectivity index (χ0n) is 16.7. The quantitative estimate of drug-likeness (QED) is 0.430. The number of thiazole rings is 1. The van der Waals surface area contributed by atoms with Crippen LogP contribution in [0.4, 0.5) is 5.69 Å². The first kappa shape index (κ1) is 19.2. The molecule has 0 N–H and O–H groups in total. The molecule has 0 atom stereocenters. The van der Waals surface area contributed by atoms with Crippen LogP contribution in [0.15, 0.2) is 40.7 Å². The molecule has 0 aliphatic carbocycles. The molecule has 4 nitrogen and oxygen atoms in total. The molecule has 2 aromatic heterocycles. The summed E-state index contributed by atoms with van der Waals surface area (Å²) in [5.74, 6) is 0. The van der Waals surface area contributed by atoms with E-state index in [1.165, 1.54) is 5.56 Å². The number of hydrogen-bond acceptors (Lipinski definition) is 4. The maximum atomic E-state index is 4.81. The van der Waals surface area contributed by atoms with E-state index >= 15 is 0 Å². The van der Waals surface area contributed by atoms with Crippen molar-refractivity contribution in [3.8, 4) is 11.3 Å². The Labute approximate surface area is 165 Å². The Balaban J connectivity index is 1.79. The van der Waals surface area contributed by atoms with Crippen molar-refractivity contribution in [1.29, 1.82) is 0 Å². The summed E-state index contributed by atoms with van der Waals surface area (Å²) in [4.78, 5) is 16.2. The molecule has 0 unspecified atom stereocenters. The van der Waals surface area contributed by atoms with Crippen LogP contribution >= 0.6 is 11.3 Å². The molecule has 0 fully saturated rings. The minimum Gasteiger partial charge on any atom is -0.366 e. The van der Waals surface area contributed by atoms with Crippen LogP contribution in [0.25, 0.3) is 11.3 Å². The maximum absolute atomic E-state index is 4.81. The van der Waals surface area contributed by atoms with Gasteiger partial charge in [-0.1, -0.05) is 29.8 Å². The van der Waals surface area contributed by atoms with Crippen LogP contribution in [0, 0.1) is 20.8 Å². The van der Waals surface area contributed by atoms with Gasteiger partial charge in [0.15, 0.2) is 0 Å². The molecule has 27 heavy (non-hydrogen) atoms. The fraction of sp³-hybridized carbons (Fsp3) is 0.318. The Morgan fingerprint density at radius 3 is 2.56 bits per heavy atom. The third kappa shape index (κ3) is 4.80. The summed E-state index contributed by atoms with van der Waals surface area (Å²) in [7, 11) is 2.02. The zero-order valence-corrected chi connectivity index (χ0v) is 17.5. The Hall–Kier alpha value is -2.53. The van der Waals surface area contributed by atoms with Crippen LogP contribution in [-0.4, -0.2) is 34.8 Å². The van der Waals surface area contributed by atoms with Crippen LogP contribution in [0.5, 0.6) is 0 Å². The lowest BCUT2D eigenvalue weighted by Gasteiger charge is -2.10. The smallest absolute Gasteiger partial charge is 0.0992 e. The van der Waals surface area contributed by atoms with E-state index in [-0.39, 0.29) is 0 Å². The lowest BCUT2D eigenvalue weighted by Crippen LogP contribution is -2.14. The molecule has 140 valence electrons. The fourth-order valence-electron chi connectivity index (χ4n) is 2.68. The summed E-state index contributed by atoms with van der Waals surface area (Å²) < 4.78 is 0. The molecule has 0 saturated carbocycles. The first-order chi connectivity index (χ1) is 13.0. The number of hydrogen-bond donors (Lipinski definition) is 0. The molecule has 0 bridgehead atoms. The van der Waals surface area contributed by atoms with Crippen molar-refractivity contribution >= 4 is 23.4 Å². The van der Waals surface area contributed by atoms with E-state index in [1.54, 1.807) is 11.3 Å². The number of aryl methyl sites for hydroxylation is 3. The SMILES string of the molecule is CCN(C)/C=N/c1cc(C)c(Cc2nc(-c3ccc(C)cc3)cs2)nc1C. The van der Waals surface area contributed by atoms with Gasteiger partial charge < -0.3 is 4.90 Å². The Morgan fingerprint density at radius 1 is 1.11 bits per heavy atom. The van der Waals surface area contributed by atoms with E-state index in [4.69, 9.17) is 9.97 Å². The van der Waals surface area contributed by atoms with Gasteiger partial charge in [-0.25, -0.2) is 9.98 Å². The van der Waals surface area contributed by atoms with Gasteiger partial charge in [-0.3, -0.25) is 4.98 Å². The van der Waals surface area contributed by atoms with Gasteiger partial charge in [0.1, 0.15) is 0 Å². The van der Waals surface area contributed by atoms with Crippen LogP contribution < -0.4 is 0 Å². The molecular formula is C22H26N4S. The summed E-state index contributed by atoms with van der Waals surface area (Å²) in [5, 5.41) is 3.21. The zero-order chi connectivity index (χ0) is 19.4. The summed E-state index contributed by atoms with van der Waals surface area (Å²) in [5.41, 5.74) is 7.56. The highest BCUT2D eigenvalue weighted by Crippen LogP contribution is 2.26. The van der Waals surface area contributed by atoms with Crippen LogP contribution in [0.1, 0.15) is 34.4 Å². The average molecular weight is 379 g/mol. The van der Waals surface area contributed by atoms with Crippen LogP contribution in [0.2, 0.25) is 0 Å². The monoisotopic (exact) mass is 378 g/mol. The molecule has 1 aromatic carbocycles. The van der Waals surface area contributed by atoms with Gasteiger partial charge in [0.25, 0.3) is 0 Å². The second kappa shape index (κ2) is 8.44. The minimum absolute atomic E-state index is 0.752. The molecular weight excluding hydrogens is 352 g/mol. The normalized spacial score (nSPS) is 11.3. The van der Waals surface area contributed by atoms with Crippen LogP contribution in [-0.2, 0) is 6.42 Å². The van der Waals surface area contributed by atoms with Gasteiger partial charge in [-0.2, -0.15) is 0 Å². The highest BCUT2D eigenvalue weighted by Gasteiger charge is 2.10. The van der Waals surface area contributed by atoms with E-state index in [2.05, 4.69) is 61.5 Å². The maximum Gasteiger partial charge on any atom is 0.0992 e. The predicted molar refractivity (Wildman–Crippen MR) is 115 cm³/mol. The van der Waals surface area contributed by atoms with Gasteiger partial charge in [0.05, 0.1) is 34.1 Å². The van der Waals surface area contributed by atoms with Gasteiger partial charge in [-0.05, 0) is 39.3 Å². The van der Waals surface area contributed by atoms with Crippen molar-refractivity contribution in [2.75, 3.05) is 13.6 Å². The van der Waals surface area contributed by atoms with Crippen molar-refractivity contribution in [3.05, 3.63) is 63.2 Å². The Kier molecular flexibility index (Phi) is 6.01. The van der Waals surface area contributed by atoms with Crippen molar-refractivity contribution in [1.82, 2.24) is 14.9 Å². The molecule has 5 heteroatoms. The summed E-state index contributed by atoms with van der Waals surface area (Å²) in [6.07, 6.45) is 2.61. The molecule has 3 rings (SSSR count). The third-order valence-electron chi connectivity index (χ3n) is 4.59. The topological polar surface area (TPSA) is 41.4 Å². The van der Waals surface area contributed by atoms with E-state index in [9.17, 15) is 0 Å². The first-order valence-electron chi connectivity index (χ1n) is 9.19. The number of rotatable bonds is 6. The Bertz CT molecular complexity index is 941. The lowest BCUT2D eigenvalue weighted by molar-refractivity contribution is 0.552. The summed E-state index contributed by atoms with van der Waals surface area (Å²) in [6.45, 7) is 9.24. The second-order valence-corrected chi connectivity index (χ2v) is 7.79. The van der Waals surface area contributed by atoms with E-state index in [0.29, 0.717) is 0 Å².